The van der Waals surface area contributed by atoms with Crippen molar-refractivity contribution >= 4 is 29.7 Å². The predicted octanol–water partition coefficient (Wildman–Crippen LogP) is 3.01. The second-order valence-electron chi connectivity index (χ2n) is 6.55. The Labute approximate surface area is 190 Å². The van der Waals surface area contributed by atoms with Gasteiger partial charge in [-0.2, -0.15) is 5.10 Å². The number of hydrogen-bond acceptors (Lipinski definition) is 7. The van der Waals surface area contributed by atoms with E-state index < -0.39 is 17.8 Å². The standard InChI is InChI=1S/C24H21N3O6/c1-31-20-13-10-17(14-21(20)32-2)24(30)33-19-11-8-16(9-12-19)15-25-27-23(29)22(28)26-18-6-4-3-5-7-18/h3-15H,1-2H3,(H,26,28)(H,27,29)/b25-15+. The molecule has 0 spiro atoms. The van der Waals surface area contributed by atoms with Crippen LogP contribution in [-0.2, 0) is 9.59 Å². The molecule has 2 N–H and O–H groups in total. The smallest absolute Gasteiger partial charge is 0.343 e. The van der Waals surface area contributed by atoms with Crippen LogP contribution in [0.3, 0.4) is 0 Å². The largest absolute Gasteiger partial charge is 0.493 e. The topological polar surface area (TPSA) is 115 Å². The molecule has 0 radical (unpaired) electrons. The zero-order chi connectivity index (χ0) is 23.6. The molecule has 0 bridgehead atoms. The van der Waals surface area contributed by atoms with Crippen LogP contribution in [0.1, 0.15) is 15.9 Å². The normalized spacial score (nSPS) is 10.4. The average Bonchev–Trinajstić information content (AvgIpc) is 2.85. The minimum atomic E-state index is -0.907. The van der Waals surface area contributed by atoms with E-state index in [0.717, 1.165) is 0 Å². The van der Waals surface area contributed by atoms with E-state index >= 15 is 0 Å². The van der Waals surface area contributed by atoms with Crippen LogP contribution in [0, 0.1) is 0 Å². The number of ether oxygens (including phenoxy) is 3. The Bertz CT molecular complexity index is 1160. The molecule has 0 aliphatic heterocycles. The Morgan fingerprint density at radius 1 is 0.818 bits per heavy atom. The van der Waals surface area contributed by atoms with Gasteiger partial charge in [-0.1, -0.05) is 18.2 Å². The molecular formula is C24H21N3O6. The fourth-order valence-corrected chi connectivity index (χ4v) is 2.68. The summed E-state index contributed by atoms with van der Waals surface area (Å²) in [4.78, 5) is 36.0. The minimum Gasteiger partial charge on any atom is -0.493 e. The second-order valence-corrected chi connectivity index (χ2v) is 6.55. The summed E-state index contributed by atoms with van der Waals surface area (Å²) in [6.07, 6.45) is 1.35. The molecule has 3 rings (SSSR count). The van der Waals surface area contributed by atoms with Crippen molar-refractivity contribution < 1.29 is 28.6 Å². The van der Waals surface area contributed by atoms with E-state index in [1.54, 1.807) is 66.7 Å². The van der Waals surface area contributed by atoms with Gasteiger partial charge in [0.2, 0.25) is 0 Å². The maximum absolute atomic E-state index is 12.4. The van der Waals surface area contributed by atoms with Gasteiger partial charge in [0.1, 0.15) is 5.75 Å². The molecule has 0 saturated carbocycles. The zero-order valence-electron chi connectivity index (χ0n) is 17.9. The molecule has 0 unspecified atom stereocenters. The van der Waals surface area contributed by atoms with Gasteiger partial charge in [0.05, 0.1) is 26.0 Å². The molecule has 0 fully saturated rings. The Kier molecular flexibility index (Phi) is 7.74. The summed E-state index contributed by atoms with van der Waals surface area (Å²) >= 11 is 0. The highest BCUT2D eigenvalue weighted by atomic mass is 16.5. The van der Waals surface area contributed by atoms with Crippen molar-refractivity contribution in [2.45, 2.75) is 0 Å². The summed E-state index contributed by atoms with van der Waals surface area (Å²) in [6.45, 7) is 0. The number of para-hydroxylation sites is 1. The Morgan fingerprint density at radius 3 is 2.18 bits per heavy atom. The summed E-state index contributed by atoms with van der Waals surface area (Å²) in [6, 6.07) is 19.7. The SMILES string of the molecule is COc1ccc(C(=O)Oc2ccc(/C=N/NC(=O)C(=O)Nc3ccccc3)cc2)cc1OC. The summed E-state index contributed by atoms with van der Waals surface area (Å²) in [7, 11) is 2.98. The fraction of sp³-hybridized carbons (Fsp3) is 0.0833. The lowest BCUT2D eigenvalue weighted by Gasteiger charge is -2.09. The van der Waals surface area contributed by atoms with Crippen LogP contribution in [0.4, 0.5) is 5.69 Å². The number of nitrogens with zero attached hydrogens (tertiary/aromatic N) is 1. The van der Waals surface area contributed by atoms with Crippen molar-refractivity contribution in [1.82, 2.24) is 5.43 Å². The average molecular weight is 447 g/mol. The van der Waals surface area contributed by atoms with Gasteiger partial charge in [-0.05, 0) is 60.2 Å². The van der Waals surface area contributed by atoms with Crippen LogP contribution in [0.15, 0.2) is 77.9 Å². The second kappa shape index (κ2) is 11.1. The van der Waals surface area contributed by atoms with Crippen LogP contribution >= 0.6 is 0 Å². The van der Waals surface area contributed by atoms with Gasteiger partial charge < -0.3 is 19.5 Å². The van der Waals surface area contributed by atoms with Crippen LogP contribution in [0.2, 0.25) is 0 Å². The lowest BCUT2D eigenvalue weighted by molar-refractivity contribution is -0.136. The molecule has 0 atom stereocenters. The van der Waals surface area contributed by atoms with E-state index in [4.69, 9.17) is 14.2 Å². The Hall–Kier alpha value is -4.66. The van der Waals surface area contributed by atoms with Crippen molar-refractivity contribution in [3.8, 4) is 17.2 Å². The monoisotopic (exact) mass is 447 g/mol. The van der Waals surface area contributed by atoms with Gasteiger partial charge in [-0.15, -0.1) is 0 Å². The molecular weight excluding hydrogens is 426 g/mol. The van der Waals surface area contributed by atoms with Crippen molar-refractivity contribution in [3.63, 3.8) is 0 Å². The third-order valence-corrected chi connectivity index (χ3v) is 4.33. The highest BCUT2D eigenvalue weighted by Crippen LogP contribution is 2.28. The first-order valence-corrected chi connectivity index (χ1v) is 9.74. The van der Waals surface area contributed by atoms with Crippen LogP contribution in [0.5, 0.6) is 17.2 Å². The van der Waals surface area contributed by atoms with Crippen LogP contribution in [-0.4, -0.2) is 38.2 Å². The number of benzene rings is 3. The summed E-state index contributed by atoms with van der Waals surface area (Å²) in [5.41, 5.74) is 3.57. The van der Waals surface area contributed by atoms with E-state index in [2.05, 4.69) is 15.8 Å². The molecule has 0 heterocycles. The number of esters is 1. The van der Waals surface area contributed by atoms with E-state index in [0.29, 0.717) is 34.1 Å². The summed E-state index contributed by atoms with van der Waals surface area (Å²) in [5.74, 6) is -1.07. The number of anilines is 1. The molecule has 3 aromatic rings. The number of hydrazone groups is 1. The highest BCUT2D eigenvalue weighted by Gasteiger charge is 2.14. The lowest BCUT2D eigenvalue weighted by Crippen LogP contribution is -2.32. The number of carbonyl (C=O) groups is 3. The number of rotatable bonds is 7. The first kappa shape index (κ1) is 23.0. The molecule has 33 heavy (non-hydrogen) atoms. The third-order valence-electron chi connectivity index (χ3n) is 4.33. The number of carbonyl (C=O) groups excluding carboxylic acids is 3. The summed E-state index contributed by atoms with van der Waals surface area (Å²) < 4.78 is 15.7. The molecule has 0 aromatic heterocycles. The first-order valence-electron chi connectivity index (χ1n) is 9.74. The Morgan fingerprint density at radius 2 is 1.52 bits per heavy atom. The minimum absolute atomic E-state index is 0.301. The first-order chi connectivity index (χ1) is 16.0. The van der Waals surface area contributed by atoms with Crippen LogP contribution < -0.4 is 25.0 Å². The fourth-order valence-electron chi connectivity index (χ4n) is 2.68. The lowest BCUT2D eigenvalue weighted by atomic mass is 10.2. The van der Waals surface area contributed by atoms with E-state index in [1.165, 1.54) is 26.5 Å². The van der Waals surface area contributed by atoms with Crippen molar-refractivity contribution in [1.29, 1.82) is 0 Å². The molecule has 0 aliphatic rings. The molecule has 168 valence electrons. The van der Waals surface area contributed by atoms with Crippen molar-refractivity contribution in [2.24, 2.45) is 5.10 Å². The number of hydrogen-bond donors (Lipinski definition) is 2. The number of methoxy groups -OCH3 is 2. The highest BCUT2D eigenvalue weighted by molar-refractivity contribution is 6.39. The van der Waals surface area contributed by atoms with Gasteiger partial charge in [0.25, 0.3) is 0 Å². The predicted molar refractivity (Wildman–Crippen MR) is 122 cm³/mol. The summed E-state index contributed by atoms with van der Waals surface area (Å²) in [5, 5.41) is 6.21. The van der Waals surface area contributed by atoms with Gasteiger partial charge in [-0.25, -0.2) is 10.2 Å². The molecule has 3 aromatic carbocycles. The van der Waals surface area contributed by atoms with E-state index in [1.807, 2.05) is 0 Å². The van der Waals surface area contributed by atoms with E-state index in [-0.39, 0.29) is 0 Å². The zero-order valence-corrected chi connectivity index (χ0v) is 17.9. The Balaban J connectivity index is 1.53. The number of amides is 2. The van der Waals surface area contributed by atoms with E-state index in [9.17, 15) is 14.4 Å². The van der Waals surface area contributed by atoms with Gasteiger partial charge in [0.15, 0.2) is 11.5 Å². The van der Waals surface area contributed by atoms with Gasteiger partial charge in [0, 0.05) is 5.69 Å². The van der Waals surface area contributed by atoms with Gasteiger partial charge in [-0.3, -0.25) is 9.59 Å². The number of nitrogens with one attached hydrogen (secondary N) is 2. The molecule has 2 amide bonds. The molecule has 0 saturated heterocycles. The maximum atomic E-state index is 12.4. The van der Waals surface area contributed by atoms with Gasteiger partial charge >= 0.3 is 17.8 Å². The quantitative estimate of drug-likeness (QED) is 0.189. The van der Waals surface area contributed by atoms with Crippen molar-refractivity contribution in [2.75, 3.05) is 19.5 Å². The molecule has 9 nitrogen and oxygen atoms in total. The molecule has 0 aliphatic carbocycles. The van der Waals surface area contributed by atoms with Crippen molar-refractivity contribution in [3.05, 3.63) is 83.9 Å². The van der Waals surface area contributed by atoms with Crippen LogP contribution in [0.25, 0.3) is 0 Å². The third kappa shape index (κ3) is 6.41. The molecule has 9 heteroatoms. The maximum Gasteiger partial charge on any atom is 0.343 e.